The summed E-state index contributed by atoms with van der Waals surface area (Å²) in [7, 11) is 1.62. The van der Waals surface area contributed by atoms with Gasteiger partial charge in [-0.3, -0.25) is 9.55 Å². The van der Waals surface area contributed by atoms with Crippen molar-refractivity contribution in [1.29, 1.82) is 0 Å². The average molecular weight is 266 g/mol. The van der Waals surface area contributed by atoms with Crippen molar-refractivity contribution >= 4 is 17.7 Å². The van der Waals surface area contributed by atoms with Gasteiger partial charge in [-0.15, -0.1) is 5.10 Å². The van der Waals surface area contributed by atoms with E-state index in [4.69, 9.17) is 5.11 Å². The number of carboxylic acids is 1. The Kier molecular flexibility index (Phi) is 3.47. The Bertz CT molecular complexity index is 617. The molecule has 0 bridgehead atoms. The first-order valence-corrected chi connectivity index (χ1v) is 5.99. The number of H-pyrrole nitrogens is 1. The van der Waals surface area contributed by atoms with Gasteiger partial charge in [-0.25, -0.2) is 14.7 Å². The van der Waals surface area contributed by atoms with Gasteiger partial charge in [0.1, 0.15) is 0 Å². The summed E-state index contributed by atoms with van der Waals surface area (Å²) in [4.78, 5) is 25.8. The normalized spacial score (nSPS) is 10.5. The summed E-state index contributed by atoms with van der Waals surface area (Å²) >= 11 is 1.35. The number of aromatic carboxylic acids is 1. The van der Waals surface area contributed by atoms with Crippen LogP contribution in [0.2, 0.25) is 0 Å². The van der Waals surface area contributed by atoms with E-state index in [1.165, 1.54) is 28.6 Å². The molecule has 2 rings (SSSR count). The van der Waals surface area contributed by atoms with Gasteiger partial charge in [0.25, 0.3) is 0 Å². The molecule has 0 saturated carbocycles. The lowest BCUT2D eigenvalue weighted by molar-refractivity contribution is 0.0696. The Hall–Kier alpha value is -2.09. The molecule has 8 heteroatoms. The highest BCUT2D eigenvalue weighted by Crippen LogP contribution is 2.17. The van der Waals surface area contributed by atoms with Crippen molar-refractivity contribution in [3.8, 4) is 0 Å². The van der Waals surface area contributed by atoms with Crippen LogP contribution in [0.5, 0.6) is 0 Å². The second kappa shape index (κ2) is 5.05. The smallest absolute Gasteiger partial charge is 0.343 e. The number of nitrogens with zero attached hydrogens (tertiary/aromatic N) is 3. The molecular formula is C10H10N4O3S. The van der Waals surface area contributed by atoms with Crippen molar-refractivity contribution in [2.24, 2.45) is 7.05 Å². The summed E-state index contributed by atoms with van der Waals surface area (Å²) in [5.41, 5.74) is 0.600. The molecule has 18 heavy (non-hydrogen) atoms. The fourth-order valence-electron chi connectivity index (χ4n) is 1.24. The van der Waals surface area contributed by atoms with Gasteiger partial charge in [-0.2, -0.15) is 0 Å². The van der Waals surface area contributed by atoms with E-state index in [0.717, 1.165) is 5.69 Å². The van der Waals surface area contributed by atoms with Gasteiger partial charge < -0.3 is 5.11 Å². The van der Waals surface area contributed by atoms with Crippen molar-refractivity contribution in [1.82, 2.24) is 19.7 Å². The lowest BCUT2D eigenvalue weighted by Crippen LogP contribution is -2.12. The summed E-state index contributed by atoms with van der Waals surface area (Å²) in [5.74, 6) is -0.491. The zero-order valence-electron chi connectivity index (χ0n) is 9.45. The molecule has 0 saturated heterocycles. The molecule has 0 radical (unpaired) electrons. The fraction of sp³-hybridized carbons (Fsp3) is 0.200. The minimum absolute atomic E-state index is 0.149. The Morgan fingerprint density at radius 2 is 2.33 bits per heavy atom. The van der Waals surface area contributed by atoms with Gasteiger partial charge in [-0.05, 0) is 12.1 Å². The lowest BCUT2D eigenvalue weighted by Gasteiger charge is -2.00. The van der Waals surface area contributed by atoms with Crippen LogP contribution in [-0.4, -0.2) is 30.8 Å². The Morgan fingerprint density at radius 1 is 1.56 bits per heavy atom. The highest BCUT2D eigenvalue weighted by Gasteiger charge is 2.07. The van der Waals surface area contributed by atoms with Crippen molar-refractivity contribution in [3.05, 3.63) is 40.1 Å². The summed E-state index contributed by atoms with van der Waals surface area (Å²) < 4.78 is 1.40. The van der Waals surface area contributed by atoms with E-state index >= 15 is 0 Å². The molecule has 0 aliphatic heterocycles. The highest BCUT2D eigenvalue weighted by atomic mass is 32.2. The molecule has 2 heterocycles. The number of hydrogen-bond acceptors (Lipinski definition) is 5. The zero-order valence-corrected chi connectivity index (χ0v) is 10.3. The van der Waals surface area contributed by atoms with Crippen LogP contribution < -0.4 is 5.69 Å². The van der Waals surface area contributed by atoms with Crippen LogP contribution in [0.1, 0.15) is 16.1 Å². The van der Waals surface area contributed by atoms with Crippen molar-refractivity contribution < 1.29 is 9.90 Å². The SMILES string of the molecule is Cn1c(SCc2ccc(C(=O)O)cn2)n[nH]c1=O. The monoisotopic (exact) mass is 266 g/mol. The third kappa shape index (κ3) is 2.59. The van der Waals surface area contributed by atoms with E-state index in [1.54, 1.807) is 13.1 Å². The molecule has 0 atom stereocenters. The third-order valence-corrected chi connectivity index (χ3v) is 3.32. The molecule has 0 fully saturated rings. The summed E-state index contributed by atoms with van der Waals surface area (Å²) in [6.45, 7) is 0. The molecule has 0 aromatic carbocycles. The van der Waals surface area contributed by atoms with Gasteiger partial charge in [0.15, 0.2) is 5.16 Å². The summed E-state index contributed by atoms with van der Waals surface area (Å²) in [5, 5.41) is 15.5. The second-order valence-electron chi connectivity index (χ2n) is 3.50. The number of carboxylic acid groups (broad SMARTS) is 1. The molecule has 0 amide bonds. The number of thioether (sulfide) groups is 1. The predicted octanol–water partition coefficient (Wildman–Crippen LogP) is 0.494. The number of nitrogens with one attached hydrogen (secondary N) is 1. The van der Waals surface area contributed by atoms with Crippen LogP contribution in [0.25, 0.3) is 0 Å². The molecule has 7 nitrogen and oxygen atoms in total. The predicted molar refractivity (Wildman–Crippen MR) is 64.6 cm³/mol. The van der Waals surface area contributed by atoms with E-state index in [1.807, 2.05) is 0 Å². The number of hydrogen-bond donors (Lipinski definition) is 2. The van der Waals surface area contributed by atoms with E-state index in [0.29, 0.717) is 10.9 Å². The fourth-order valence-corrected chi connectivity index (χ4v) is 2.07. The number of carbonyl (C=O) groups is 1. The maximum Gasteiger partial charge on any atom is 0.343 e. The highest BCUT2D eigenvalue weighted by molar-refractivity contribution is 7.98. The quantitative estimate of drug-likeness (QED) is 0.781. The van der Waals surface area contributed by atoms with Gasteiger partial charge in [0, 0.05) is 19.0 Å². The van der Waals surface area contributed by atoms with Gasteiger partial charge in [0.2, 0.25) is 0 Å². The second-order valence-corrected chi connectivity index (χ2v) is 4.44. The van der Waals surface area contributed by atoms with Crippen LogP contribution >= 0.6 is 11.8 Å². The minimum atomic E-state index is -1.00. The summed E-state index contributed by atoms with van der Waals surface area (Å²) in [6, 6.07) is 3.13. The van der Waals surface area contributed by atoms with Crippen molar-refractivity contribution in [3.63, 3.8) is 0 Å². The Balaban J connectivity index is 2.04. The molecule has 0 aliphatic rings. The van der Waals surface area contributed by atoms with Crippen LogP contribution in [0.4, 0.5) is 0 Å². The molecular weight excluding hydrogens is 256 g/mol. The summed E-state index contributed by atoms with van der Waals surface area (Å²) in [6.07, 6.45) is 1.31. The Morgan fingerprint density at radius 3 is 2.83 bits per heavy atom. The lowest BCUT2D eigenvalue weighted by atomic mass is 10.2. The van der Waals surface area contributed by atoms with E-state index in [-0.39, 0.29) is 11.3 Å². The molecule has 0 unspecified atom stereocenters. The first kappa shape index (κ1) is 12.4. The average Bonchev–Trinajstić information content (AvgIpc) is 2.68. The van der Waals surface area contributed by atoms with Crippen LogP contribution in [0, 0.1) is 0 Å². The standard InChI is InChI=1S/C10H10N4O3S/c1-14-9(17)12-13-10(14)18-5-7-3-2-6(4-11-7)8(15)16/h2-4H,5H2,1H3,(H,12,17)(H,15,16). The molecule has 2 aromatic heterocycles. The zero-order chi connectivity index (χ0) is 13.1. The molecule has 2 N–H and O–H groups in total. The number of aromatic nitrogens is 4. The maximum atomic E-state index is 11.1. The Labute approximate surface area is 106 Å². The first-order valence-electron chi connectivity index (χ1n) is 5.00. The van der Waals surface area contributed by atoms with Gasteiger partial charge in [-0.1, -0.05) is 11.8 Å². The van der Waals surface area contributed by atoms with Gasteiger partial charge >= 0.3 is 11.7 Å². The van der Waals surface area contributed by atoms with Crippen molar-refractivity contribution in [2.75, 3.05) is 0 Å². The van der Waals surface area contributed by atoms with Crippen LogP contribution in [0.15, 0.2) is 28.3 Å². The van der Waals surface area contributed by atoms with Gasteiger partial charge in [0.05, 0.1) is 11.3 Å². The minimum Gasteiger partial charge on any atom is -0.478 e. The number of rotatable bonds is 4. The largest absolute Gasteiger partial charge is 0.478 e. The van der Waals surface area contributed by atoms with E-state index in [9.17, 15) is 9.59 Å². The first-order chi connectivity index (χ1) is 8.58. The van der Waals surface area contributed by atoms with E-state index in [2.05, 4.69) is 15.2 Å². The van der Waals surface area contributed by atoms with Crippen LogP contribution in [0.3, 0.4) is 0 Å². The van der Waals surface area contributed by atoms with E-state index < -0.39 is 5.97 Å². The molecule has 2 aromatic rings. The number of pyridine rings is 1. The van der Waals surface area contributed by atoms with Crippen LogP contribution in [-0.2, 0) is 12.8 Å². The molecule has 94 valence electrons. The topological polar surface area (TPSA) is 101 Å². The third-order valence-electron chi connectivity index (χ3n) is 2.26. The maximum absolute atomic E-state index is 11.1. The number of aromatic amines is 1. The molecule has 0 spiro atoms. The molecule has 0 aliphatic carbocycles. The van der Waals surface area contributed by atoms with Crippen molar-refractivity contribution in [2.45, 2.75) is 10.9 Å².